The zero-order valence-electron chi connectivity index (χ0n) is 9.52. The molecule has 0 aliphatic rings. The van der Waals surface area contributed by atoms with Gasteiger partial charge in [0.05, 0.1) is 20.3 Å². The second-order valence-corrected chi connectivity index (χ2v) is 5.74. The summed E-state index contributed by atoms with van der Waals surface area (Å²) in [4.78, 5) is 8.52. The van der Waals surface area contributed by atoms with Gasteiger partial charge in [0.1, 0.15) is 10.8 Å². The number of hydrogen-bond acceptors (Lipinski definition) is 5. The minimum absolute atomic E-state index is 0.448. The Balaban J connectivity index is 2.28. The standard InChI is InChI=1S/C12H8Cl2N4S/c13-6-3-5(15)4-7(14)9(6)12-18-8-1-2-17-11(16)10(8)19-12/h1-4H,15H2,(H2,16,17). The number of benzene rings is 1. The molecule has 1 aromatic carbocycles. The lowest BCUT2D eigenvalue weighted by Crippen LogP contribution is -1.88. The van der Waals surface area contributed by atoms with Crippen LogP contribution in [0.2, 0.25) is 10.0 Å². The number of pyridine rings is 1. The van der Waals surface area contributed by atoms with Crippen molar-refractivity contribution < 1.29 is 0 Å². The Hall–Kier alpha value is -1.56. The highest BCUT2D eigenvalue weighted by atomic mass is 35.5. The van der Waals surface area contributed by atoms with Gasteiger partial charge in [0.15, 0.2) is 0 Å². The first-order chi connectivity index (χ1) is 9.06. The molecule has 0 atom stereocenters. The lowest BCUT2D eigenvalue weighted by atomic mass is 10.2. The molecule has 4 nitrogen and oxygen atoms in total. The summed E-state index contributed by atoms with van der Waals surface area (Å²) in [5, 5.41) is 1.64. The fourth-order valence-electron chi connectivity index (χ4n) is 1.78. The topological polar surface area (TPSA) is 77.8 Å². The Kier molecular flexibility index (Phi) is 2.97. The van der Waals surface area contributed by atoms with Gasteiger partial charge in [-0.15, -0.1) is 11.3 Å². The third kappa shape index (κ3) is 2.10. The molecule has 0 spiro atoms. The number of anilines is 2. The maximum Gasteiger partial charge on any atom is 0.143 e. The van der Waals surface area contributed by atoms with Crippen molar-refractivity contribution in [1.82, 2.24) is 9.97 Å². The van der Waals surface area contributed by atoms with E-state index in [9.17, 15) is 0 Å². The second-order valence-electron chi connectivity index (χ2n) is 3.92. The first-order valence-electron chi connectivity index (χ1n) is 5.32. The van der Waals surface area contributed by atoms with Crippen LogP contribution in [-0.2, 0) is 0 Å². The maximum atomic E-state index is 6.19. The fourth-order valence-corrected chi connectivity index (χ4v) is 3.61. The number of nitrogen functional groups attached to an aromatic ring is 2. The van der Waals surface area contributed by atoms with E-state index >= 15 is 0 Å². The van der Waals surface area contributed by atoms with Crippen LogP contribution >= 0.6 is 34.5 Å². The Morgan fingerprint density at radius 2 is 1.79 bits per heavy atom. The molecule has 0 bridgehead atoms. The fraction of sp³-hybridized carbons (Fsp3) is 0. The minimum atomic E-state index is 0.448. The quantitative estimate of drug-likeness (QED) is 0.670. The van der Waals surface area contributed by atoms with E-state index in [-0.39, 0.29) is 0 Å². The van der Waals surface area contributed by atoms with Crippen molar-refractivity contribution in [3.63, 3.8) is 0 Å². The summed E-state index contributed by atoms with van der Waals surface area (Å²) in [5.41, 5.74) is 13.5. The summed E-state index contributed by atoms with van der Waals surface area (Å²) in [6, 6.07) is 5.09. The summed E-state index contributed by atoms with van der Waals surface area (Å²) in [6.45, 7) is 0. The molecule has 4 N–H and O–H groups in total. The van der Waals surface area contributed by atoms with Crippen LogP contribution in [-0.4, -0.2) is 9.97 Å². The average molecular weight is 311 g/mol. The minimum Gasteiger partial charge on any atom is -0.399 e. The van der Waals surface area contributed by atoms with Crippen molar-refractivity contribution in [2.75, 3.05) is 11.5 Å². The summed E-state index contributed by atoms with van der Waals surface area (Å²) in [5.74, 6) is 0.448. The van der Waals surface area contributed by atoms with Gasteiger partial charge in [0, 0.05) is 17.4 Å². The monoisotopic (exact) mass is 310 g/mol. The van der Waals surface area contributed by atoms with E-state index in [0.717, 1.165) is 10.2 Å². The molecular formula is C12H8Cl2N4S. The number of hydrogen-bond donors (Lipinski definition) is 2. The van der Waals surface area contributed by atoms with Gasteiger partial charge in [-0.25, -0.2) is 9.97 Å². The van der Waals surface area contributed by atoms with Crippen LogP contribution in [0.1, 0.15) is 0 Å². The average Bonchev–Trinajstić information content (AvgIpc) is 2.72. The number of thiazole rings is 1. The van der Waals surface area contributed by atoms with Crippen molar-refractivity contribution in [1.29, 1.82) is 0 Å². The van der Waals surface area contributed by atoms with E-state index in [0.29, 0.717) is 32.1 Å². The van der Waals surface area contributed by atoms with Gasteiger partial charge in [-0.3, -0.25) is 0 Å². The van der Waals surface area contributed by atoms with Crippen molar-refractivity contribution in [2.24, 2.45) is 0 Å². The molecule has 3 rings (SSSR count). The maximum absolute atomic E-state index is 6.19. The lowest BCUT2D eigenvalue weighted by Gasteiger charge is -2.04. The highest BCUT2D eigenvalue weighted by Gasteiger charge is 2.15. The van der Waals surface area contributed by atoms with E-state index in [2.05, 4.69) is 9.97 Å². The van der Waals surface area contributed by atoms with Gasteiger partial charge in [-0.05, 0) is 18.2 Å². The zero-order chi connectivity index (χ0) is 13.6. The summed E-state index contributed by atoms with van der Waals surface area (Å²) in [7, 11) is 0. The molecule has 0 amide bonds. The van der Waals surface area contributed by atoms with Crippen molar-refractivity contribution in [2.45, 2.75) is 0 Å². The highest BCUT2D eigenvalue weighted by Crippen LogP contribution is 2.40. The van der Waals surface area contributed by atoms with Crippen LogP contribution in [0.25, 0.3) is 20.8 Å². The van der Waals surface area contributed by atoms with Crippen molar-refractivity contribution in [3.05, 3.63) is 34.4 Å². The van der Waals surface area contributed by atoms with Crippen LogP contribution < -0.4 is 11.5 Å². The molecule has 0 radical (unpaired) electrons. The number of nitrogens with two attached hydrogens (primary N) is 2. The Bertz CT molecular complexity index is 761. The summed E-state index contributed by atoms with van der Waals surface area (Å²) < 4.78 is 0.821. The van der Waals surface area contributed by atoms with Gasteiger partial charge in [-0.1, -0.05) is 23.2 Å². The van der Waals surface area contributed by atoms with E-state index in [1.807, 2.05) is 0 Å². The molecule has 0 fully saturated rings. The van der Waals surface area contributed by atoms with Crippen molar-refractivity contribution in [3.8, 4) is 10.6 Å². The summed E-state index contributed by atoms with van der Waals surface area (Å²) >= 11 is 13.8. The number of nitrogens with zero attached hydrogens (tertiary/aromatic N) is 2. The normalized spacial score (nSPS) is 11.1. The number of rotatable bonds is 1. The van der Waals surface area contributed by atoms with Gasteiger partial charge < -0.3 is 11.5 Å². The van der Waals surface area contributed by atoms with Crippen LogP contribution in [0.3, 0.4) is 0 Å². The smallest absolute Gasteiger partial charge is 0.143 e. The number of fused-ring (bicyclic) bond motifs is 1. The molecule has 0 saturated heterocycles. The molecule has 0 saturated carbocycles. The van der Waals surface area contributed by atoms with E-state index in [1.54, 1.807) is 24.4 Å². The molecule has 0 aliphatic heterocycles. The van der Waals surface area contributed by atoms with Crippen LogP contribution in [0.15, 0.2) is 24.4 Å². The molecule has 0 unspecified atom stereocenters. The molecule has 2 heterocycles. The van der Waals surface area contributed by atoms with Gasteiger partial charge in [0.2, 0.25) is 0 Å². The van der Waals surface area contributed by atoms with E-state index in [1.165, 1.54) is 11.3 Å². The first kappa shape index (κ1) is 12.5. The Morgan fingerprint density at radius 3 is 2.42 bits per heavy atom. The Labute approximate surface area is 123 Å². The van der Waals surface area contributed by atoms with E-state index < -0.39 is 0 Å². The molecule has 96 valence electrons. The van der Waals surface area contributed by atoms with Gasteiger partial charge in [-0.2, -0.15) is 0 Å². The Morgan fingerprint density at radius 1 is 1.11 bits per heavy atom. The molecule has 7 heteroatoms. The van der Waals surface area contributed by atoms with Gasteiger partial charge >= 0.3 is 0 Å². The predicted molar refractivity (Wildman–Crippen MR) is 81.7 cm³/mol. The second kappa shape index (κ2) is 4.52. The van der Waals surface area contributed by atoms with Crippen molar-refractivity contribution >= 4 is 56.3 Å². The predicted octanol–water partition coefficient (Wildman–Crippen LogP) is 3.83. The number of aromatic nitrogens is 2. The van der Waals surface area contributed by atoms with Crippen LogP contribution in [0, 0.1) is 0 Å². The SMILES string of the molecule is Nc1cc(Cl)c(-c2nc3ccnc(N)c3s2)c(Cl)c1. The van der Waals surface area contributed by atoms with Gasteiger partial charge in [0.25, 0.3) is 0 Å². The molecule has 3 aromatic rings. The molecule has 2 aromatic heterocycles. The third-order valence-electron chi connectivity index (χ3n) is 2.61. The first-order valence-corrected chi connectivity index (χ1v) is 6.89. The number of halogens is 2. The molecule has 19 heavy (non-hydrogen) atoms. The largest absolute Gasteiger partial charge is 0.399 e. The van der Waals surface area contributed by atoms with Crippen LogP contribution in [0.5, 0.6) is 0 Å². The zero-order valence-corrected chi connectivity index (χ0v) is 11.9. The molecule has 0 aliphatic carbocycles. The molecular weight excluding hydrogens is 303 g/mol. The van der Waals surface area contributed by atoms with Crippen LogP contribution in [0.4, 0.5) is 11.5 Å². The highest BCUT2D eigenvalue weighted by molar-refractivity contribution is 7.22. The summed E-state index contributed by atoms with van der Waals surface area (Å²) in [6.07, 6.45) is 1.62. The third-order valence-corrected chi connectivity index (χ3v) is 4.32. The lowest BCUT2D eigenvalue weighted by molar-refractivity contribution is 1.36. The van der Waals surface area contributed by atoms with E-state index in [4.69, 9.17) is 34.7 Å².